The minimum Gasteiger partial charge on any atom is -0.371 e. The van der Waals surface area contributed by atoms with Gasteiger partial charge in [-0.3, -0.25) is 18.7 Å². The molecule has 0 aliphatic carbocycles. The van der Waals surface area contributed by atoms with Crippen LogP contribution < -0.4 is 19.6 Å². The van der Waals surface area contributed by atoms with Crippen molar-refractivity contribution in [1.82, 2.24) is 9.80 Å². The summed E-state index contributed by atoms with van der Waals surface area (Å²) in [4.78, 5) is 39.7. The first-order valence-electron chi connectivity index (χ1n) is 27.6. The molecule has 4 atom stereocenters. The summed E-state index contributed by atoms with van der Waals surface area (Å²) in [5.74, 6) is 0.755. The quantitative estimate of drug-likeness (QED) is 0.0879. The minimum absolute atomic E-state index is 0.0666. The second kappa shape index (κ2) is 25.1. The zero-order valence-corrected chi connectivity index (χ0v) is 47.6. The number of rotatable bonds is 12. The minimum atomic E-state index is -4.02. The largest absolute Gasteiger partial charge is 0.371 e. The zero-order valence-electron chi connectivity index (χ0n) is 45.9. The smallest absolute Gasteiger partial charge is 0.294 e. The third-order valence-corrected chi connectivity index (χ3v) is 18.2. The lowest BCUT2D eigenvalue weighted by Crippen LogP contribution is -2.49. The molecule has 80 heavy (non-hydrogen) atoms. The third kappa shape index (κ3) is 13.6. The van der Waals surface area contributed by atoms with E-state index in [1.54, 1.807) is 48.5 Å². The van der Waals surface area contributed by atoms with Crippen LogP contribution in [0.2, 0.25) is 0 Å². The lowest BCUT2D eigenvalue weighted by atomic mass is 9.89. The van der Waals surface area contributed by atoms with Gasteiger partial charge in [-0.2, -0.15) is 16.8 Å². The SMILES string of the molecule is CN1CCN2c3c(cccc31)[C@@H]1CN(CCCC(=O)c3ccc(F)cc3)CC[C@@H]12.CN1CCN2c3c(cccc31)[C@@H]1CN(CCCC(=O)c3ccc(F)cc3)CC[C@@H]12.Cc1ccc(S(=O)(=O)O)cc1.Cc1ccc(S(=O)(=O)O)cc1. The van der Waals surface area contributed by atoms with Gasteiger partial charge in [0.2, 0.25) is 0 Å². The first-order valence-corrected chi connectivity index (χ1v) is 30.4. The maximum atomic E-state index is 13.0. The molecule has 0 aromatic heterocycles. The molecular weight excluding hydrogens is 1060 g/mol. The van der Waals surface area contributed by atoms with E-state index in [1.165, 1.54) is 95.2 Å². The molecule has 0 radical (unpaired) electrons. The molecule has 6 aromatic rings. The summed E-state index contributed by atoms with van der Waals surface area (Å²) in [5.41, 5.74) is 11.8. The number of nitrogens with zero attached hydrogens (tertiary/aromatic N) is 6. The van der Waals surface area contributed by atoms with Crippen LogP contribution in [0.1, 0.15) is 93.3 Å². The molecule has 2 fully saturated rings. The van der Waals surface area contributed by atoms with Crippen molar-refractivity contribution in [2.45, 2.75) is 86.1 Å². The van der Waals surface area contributed by atoms with Crippen molar-refractivity contribution >= 4 is 54.6 Å². The molecule has 6 heterocycles. The molecule has 6 aliphatic heterocycles. The number of Topliss-reactive ketones (excluding diaryl/α,β-unsaturated/α-hetero) is 2. The van der Waals surface area contributed by atoms with Crippen molar-refractivity contribution in [2.24, 2.45) is 0 Å². The molecule has 2 N–H and O–H groups in total. The van der Waals surface area contributed by atoms with Crippen molar-refractivity contribution in [3.63, 3.8) is 0 Å². The van der Waals surface area contributed by atoms with Crippen LogP contribution in [-0.4, -0.2) is 139 Å². The summed E-state index contributed by atoms with van der Waals surface area (Å²) < 4.78 is 85.2. The van der Waals surface area contributed by atoms with E-state index in [1.807, 2.05) is 13.8 Å². The molecule has 0 unspecified atom stereocenters. The molecule has 14 nitrogen and oxygen atoms in total. The Labute approximate surface area is 470 Å². The number of hydrogen-bond donors (Lipinski definition) is 2. The number of likely N-dealkylation sites (N-methyl/N-ethyl adjacent to an activating group) is 2. The summed E-state index contributed by atoms with van der Waals surface area (Å²) in [7, 11) is -3.65. The molecule has 6 aromatic carbocycles. The number of ketones is 2. The van der Waals surface area contributed by atoms with Gasteiger partial charge in [-0.1, -0.05) is 59.7 Å². The Bertz CT molecular complexity index is 3150. The summed E-state index contributed by atoms with van der Waals surface area (Å²) in [6, 6.07) is 38.6. The number of likely N-dealkylation sites (tertiary alicyclic amines) is 2. The monoisotopic (exact) mass is 1130 g/mol. The van der Waals surface area contributed by atoms with Crippen LogP contribution >= 0.6 is 0 Å². The van der Waals surface area contributed by atoms with Crippen LogP contribution in [0, 0.1) is 25.5 Å². The lowest BCUT2D eigenvalue weighted by Gasteiger charge is -2.41. The number of carbonyl (C=O) groups is 2. The highest BCUT2D eigenvalue weighted by Crippen LogP contribution is 2.52. The van der Waals surface area contributed by atoms with Crippen molar-refractivity contribution in [1.29, 1.82) is 0 Å². The zero-order chi connectivity index (χ0) is 56.9. The van der Waals surface area contributed by atoms with E-state index in [0.717, 1.165) is 89.4 Å². The van der Waals surface area contributed by atoms with E-state index >= 15 is 0 Å². The average Bonchev–Trinajstić information content (AvgIpc) is 4.04. The van der Waals surface area contributed by atoms with Gasteiger partial charge in [0.15, 0.2) is 11.6 Å². The fourth-order valence-corrected chi connectivity index (χ4v) is 13.2. The van der Waals surface area contributed by atoms with Crippen molar-refractivity contribution in [3.8, 4) is 0 Å². The molecule has 6 aliphatic rings. The van der Waals surface area contributed by atoms with Gasteiger partial charge >= 0.3 is 0 Å². The molecule has 424 valence electrons. The number of anilines is 4. The number of hydrogen-bond acceptors (Lipinski definition) is 12. The van der Waals surface area contributed by atoms with Gasteiger partial charge in [-0.25, -0.2) is 8.78 Å². The van der Waals surface area contributed by atoms with E-state index in [4.69, 9.17) is 9.11 Å². The van der Waals surface area contributed by atoms with Gasteiger partial charge < -0.3 is 29.4 Å². The Morgan fingerprint density at radius 3 is 1.21 bits per heavy atom. The highest BCUT2D eigenvalue weighted by molar-refractivity contribution is 7.86. The molecule has 18 heteroatoms. The molecule has 12 rings (SSSR count). The molecule has 0 spiro atoms. The van der Waals surface area contributed by atoms with E-state index in [9.17, 15) is 35.2 Å². The Balaban J connectivity index is 0.000000142. The van der Waals surface area contributed by atoms with Crippen molar-refractivity contribution in [3.05, 3.63) is 178 Å². The number of benzene rings is 6. The predicted octanol–water partition coefficient (Wildman–Crippen LogP) is 10.3. The van der Waals surface area contributed by atoms with Crippen LogP contribution in [0.15, 0.2) is 143 Å². The Morgan fingerprint density at radius 2 is 0.863 bits per heavy atom. The van der Waals surface area contributed by atoms with Gasteiger partial charge in [0, 0.05) is 114 Å². The first kappa shape index (κ1) is 58.1. The van der Waals surface area contributed by atoms with Crippen LogP contribution in [0.25, 0.3) is 0 Å². The van der Waals surface area contributed by atoms with E-state index in [0.29, 0.717) is 47.9 Å². The normalized spacial score (nSPS) is 19.9. The maximum absolute atomic E-state index is 13.0. The van der Waals surface area contributed by atoms with Gasteiger partial charge in [-0.15, -0.1) is 0 Å². The van der Waals surface area contributed by atoms with Gasteiger partial charge in [0.25, 0.3) is 20.2 Å². The molecule has 0 saturated carbocycles. The Hall–Kier alpha value is -6.54. The molecule has 0 amide bonds. The molecule has 2 saturated heterocycles. The van der Waals surface area contributed by atoms with Crippen LogP contribution in [0.3, 0.4) is 0 Å². The van der Waals surface area contributed by atoms with Crippen LogP contribution in [0.5, 0.6) is 0 Å². The fourth-order valence-electron chi connectivity index (χ4n) is 12.3. The highest BCUT2D eigenvalue weighted by atomic mass is 32.2. The van der Waals surface area contributed by atoms with Gasteiger partial charge in [-0.05, 0) is 149 Å². The molecular formula is C62H72F2N6O8S2. The number of carbonyl (C=O) groups excluding carboxylic acids is 2. The second-order valence-corrected chi connectivity index (χ2v) is 24.7. The summed E-state index contributed by atoms with van der Waals surface area (Å²) in [6.07, 6.45) is 5.13. The van der Waals surface area contributed by atoms with Crippen LogP contribution in [0.4, 0.5) is 31.5 Å². The number of piperidine rings is 2. The number of fused-ring (bicyclic) bond motifs is 6. The summed E-state index contributed by atoms with van der Waals surface area (Å²) in [6.45, 7) is 14.4. The van der Waals surface area contributed by atoms with Crippen molar-refractivity contribution < 1.29 is 44.3 Å². The highest BCUT2D eigenvalue weighted by Gasteiger charge is 2.46. The maximum Gasteiger partial charge on any atom is 0.294 e. The van der Waals surface area contributed by atoms with Gasteiger partial charge in [0.1, 0.15) is 11.6 Å². The average molecular weight is 1130 g/mol. The fraction of sp³-hybridized carbons (Fsp3) is 0.387. The Morgan fingerprint density at radius 1 is 0.500 bits per heavy atom. The predicted molar refractivity (Wildman–Crippen MR) is 311 cm³/mol. The van der Waals surface area contributed by atoms with E-state index in [-0.39, 0.29) is 33.0 Å². The molecule has 0 bridgehead atoms. The Kier molecular flexibility index (Phi) is 18.2. The first-order chi connectivity index (χ1) is 38.2. The van der Waals surface area contributed by atoms with Crippen LogP contribution in [-0.2, 0) is 20.2 Å². The number of aryl methyl sites for hydroxylation is 2. The van der Waals surface area contributed by atoms with Gasteiger partial charge in [0.05, 0.1) is 32.5 Å². The number of halogens is 2. The third-order valence-electron chi connectivity index (χ3n) is 16.5. The van der Waals surface area contributed by atoms with E-state index < -0.39 is 20.2 Å². The summed E-state index contributed by atoms with van der Waals surface area (Å²) in [5, 5.41) is 0. The topological polar surface area (TPSA) is 162 Å². The second-order valence-electron chi connectivity index (χ2n) is 21.8. The number of para-hydroxylation sites is 2. The lowest BCUT2D eigenvalue weighted by molar-refractivity contribution is 0.0963. The summed E-state index contributed by atoms with van der Waals surface area (Å²) >= 11 is 0. The van der Waals surface area contributed by atoms with E-state index in [2.05, 4.69) is 79.9 Å². The van der Waals surface area contributed by atoms with Crippen molar-refractivity contribution in [2.75, 3.05) is 99.1 Å². The standard InChI is InChI=1S/2C24H28FN3O.2C7H8O3S/c2*1-26-14-15-28-21-11-13-27(16-20(21)19-4-2-5-22(26)24(19)28)12-3-6-23(29)17-7-9-18(25)10-8-17;2*1-6-2-4-7(5-3-6)11(8,9)10/h2*2,4-5,7-10,20-21H,3,6,11-16H2,1H3;2*2-5H,1H3,(H,8,9,10)/t2*20-,21-;;/m00../s1.